The lowest BCUT2D eigenvalue weighted by Gasteiger charge is -1.93. The maximum absolute atomic E-state index is 8.54. The van der Waals surface area contributed by atoms with Gasteiger partial charge < -0.3 is 5.11 Å². The zero-order chi connectivity index (χ0) is 9.97. The van der Waals surface area contributed by atoms with E-state index in [4.69, 9.17) is 16.7 Å². The zero-order valence-corrected chi connectivity index (χ0v) is 7.86. The SMILES string of the molecule is OCC#Cc1cnc2ccc(Cl)nn12. The van der Waals surface area contributed by atoms with E-state index in [0.29, 0.717) is 16.5 Å². The van der Waals surface area contributed by atoms with Crippen molar-refractivity contribution in [3.63, 3.8) is 0 Å². The molecule has 70 valence electrons. The number of halogens is 1. The van der Waals surface area contributed by atoms with E-state index in [1.165, 1.54) is 4.52 Å². The lowest BCUT2D eigenvalue weighted by atomic mass is 10.4. The minimum Gasteiger partial charge on any atom is -0.384 e. The lowest BCUT2D eigenvalue weighted by Crippen LogP contribution is -1.94. The van der Waals surface area contributed by atoms with Crippen LogP contribution in [0.4, 0.5) is 0 Å². The van der Waals surface area contributed by atoms with Gasteiger partial charge in [0.2, 0.25) is 0 Å². The largest absolute Gasteiger partial charge is 0.384 e. The van der Waals surface area contributed by atoms with Crippen LogP contribution in [0, 0.1) is 11.8 Å². The van der Waals surface area contributed by atoms with Gasteiger partial charge in [0.1, 0.15) is 17.5 Å². The number of imidazole rings is 1. The minimum atomic E-state index is -0.187. The summed E-state index contributed by atoms with van der Waals surface area (Å²) < 4.78 is 1.53. The first-order valence-electron chi connectivity index (χ1n) is 3.91. The predicted molar refractivity (Wildman–Crippen MR) is 52.0 cm³/mol. The molecular formula is C9H6ClN3O. The quantitative estimate of drug-likeness (QED) is 0.648. The van der Waals surface area contributed by atoms with E-state index >= 15 is 0 Å². The molecule has 0 aromatic carbocycles. The number of aromatic nitrogens is 3. The number of fused-ring (bicyclic) bond motifs is 1. The van der Waals surface area contributed by atoms with Gasteiger partial charge in [0.05, 0.1) is 6.20 Å². The first kappa shape index (κ1) is 9.00. The van der Waals surface area contributed by atoms with Crippen molar-refractivity contribution in [3.05, 3.63) is 29.2 Å². The van der Waals surface area contributed by atoms with E-state index in [1.54, 1.807) is 18.3 Å². The molecule has 2 aromatic rings. The van der Waals surface area contributed by atoms with Crippen molar-refractivity contribution in [2.75, 3.05) is 6.61 Å². The van der Waals surface area contributed by atoms with Gasteiger partial charge in [0, 0.05) is 0 Å². The Labute approximate surface area is 85.1 Å². The molecule has 2 aromatic heterocycles. The van der Waals surface area contributed by atoms with Crippen LogP contribution in [0.3, 0.4) is 0 Å². The van der Waals surface area contributed by atoms with Gasteiger partial charge in [0.15, 0.2) is 5.65 Å². The number of rotatable bonds is 0. The second-order valence-electron chi connectivity index (χ2n) is 2.53. The average Bonchev–Trinajstić information content (AvgIpc) is 2.57. The van der Waals surface area contributed by atoms with E-state index in [0.717, 1.165) is 0 Å². The van der Waals surface area contributed by atoms with Crippen molar-refractivity contribution in [1.82, 2.24) is 14.6 Å². The van der Waals surface area contributed by atoms with Crippen LogP contribution in [0.25, 0.3) is 5.65 Å². The molecule has 0 saturated carbocycles. The molecular weight excluding hydrogens is 202 g/mol. The summed E-state index contributed by atoms with van der Waals surface area (Å²) in [4.78, 5) is 4.07. The summed E-state index contributed by atoms with van der Waals surface area (Å²) in [5.74, 6) is 5.25. The Bertz CT molecular complexity index is 524. The van der Waals surface area contributed by atoms with Crippen molar-refractivity contribution in [3.8, 4) is 11.8 Å². The standard InChI is InChI=1S/C9H6ClN3O/c10-8-3-4-9-11-6-7(2-1-5-14)13(9)12-8/h3-4,6,14H,5H2. The summed E-state index contributed by atoms with van der Waals surface area (Å²) in [5.41, 5.74) is 1.29. The van der Waals surface area contributed by atoms with E-state index in [2.05, 4.69) is 21.9 Å². The molecule has 4 nitrogen and oxygen atoms in total. The molecule has 14 heavy (non-hydrogen) atoms. The molecule has 2 heterocycles. The Morgan fingerprint density at radius 1 is 1.50 bits per heavy atom. The topological polar surface area (TPSA) is 50.4 Å². The number of nitrogens with zero attached hydrogens (tertiary/aromatic N) is 3. The second-order valence-corrected chi connectivity index (χ2v) is 2.92. The van der Waals surface area contributed by atoms with E-state index < -0.39 is 0 Å². The van der Waals surface area contributed by atoms with Crippen LogP contribution in [0.2, 0.25) is 5.15 Å². The highest BCUT2D eigenvalue weighted by atomic mass is 35.5. The molecule has 0 radical (unpaired) electrons. The van der Waals surface area contributed by atoms with Crippen LogP contribution in [0.5, 0.6) is 0 Å². The molecule has 0 amide bonds. The molecule has 0 aliphatic rings. The van der Waals surface area contributed by atoms with Gasteiger partial charge >= 0.3 is 0 Å². The molecule has 0 unspecified atom stereocenters. The molecule has 0 saturated heterocycles. The third-order valence-electron chi connectivity index (χ3n) is 1.63. The first-order valence-corrected chi connectivity index (χ1v) is 4.29. The molecule has 1 N–H and O–H groups in total. The van der Waals surface area contributed by atoms with Crippen LogP contribution in [-0.4, -0.2) is 26.3 Å². The fourth-order valence-electron chi connectivity index (χ4n) is 1.07. The lowest BCUT2D eigenvalue weighted by molar-refractivity contribution is 0.350. The number of hydrogen-bond acceptors (Lipinski definition) is 3. The minimum absolute atomic E-state index is 0.187. The highest BCUT2D eigenvalue weighted by Crippen LogP contribution is 2.08. The molecule has 0 bridgehead atoms. The molecule has 0 aliphatic carbocycles. The normalized spacial score (nSPS) is 9.86. The molecule has 0 spiro atoms. The third-order valence-corrected chi connectivity index (χ3v) is 1.83. The highest BCUT2D eigenvalue weighted by Gasteiger charge is 2.01. The monoisotopic (exact) mass is 207 g/mol. The number of aliphatic hydroxyl groups is 1. The molecule has 0 atom stereocenters. The van der Waals surface area contributed by atoms with Crippen molar-refractivity contribution >= 4 is 17.2 Å². The fraction of sp³-hybridized carbons (Fsp3) is 0.111. The zero-order valence-electron chi connectivity index (χ0n) is 7.11. The van der Waals surface area contributed by atoms with E-state index in [-0.39, 0.29) is 6.61 Å². The van der Waals surface area contributed by atoms with Crippen molar-refractivity contribution in [2.24, 2.45) is 0 Å². The summed E-state index contributed by atoms with van der Waals surface area (Å²) in [5, 5.41) is 12.9. The van der Waals surface area contributed by atoms with Crippen LogP contribution in [0.15, 0.2) is 18.3 Å². The van der Waals surface area contributed by atoms with Gasteiger partial charge in [-0.3, -0.25) is 0 Å². The Hall–Kier alpha value is -1.57. The van der Waals surface area contributed by atoms with E-state index in [1.807, 2.05) is 0 Å². The average molecular weight is 208 g/mol. The number of hydrogen-bond donors (Lipinski definition) is 1. The van der Waals surface area contributed by atoms with Gasteiger partial charge in [-0.1, -0.05) is 17.5 Å². The predicted octanol–water partition coefficient (Wildman–Crippen LogP) is 0.726. The maximum Gasteiger partial charge on any atom is 0.155 e. The van der Waals surface area contributed by atoms with Gasteiger partial charge in [-0.25, -0.2) is 9.50 Å². The Morgan fingerprint density at radius 3 is 3.14 bits per heavy atom. The molecule has 5 heteroatoms. The second kappa shape index (κ2) is 3.66. The first-order chi connectivity index (χ1) is 6.81. The van der Waals surface area contributed by atoms with E-state index in [9.17, 15) is 0 Å². The van der Waals surface area contributed by atoms with Gasteiger partial charge in [-0.15, -0.1) is 0 Å². The Kier molecular flexibility index (Phi) is 2.35. The molecule has 0 aliphatic heterocycles. The van der Waals surface area contributed by atoms with Crippen molar-refractivity contribution in [1.29, 1.82) is 0 Å². The molecule has 0 fully saturated rings. The Morgan fingerprint density at radius 2 is 2.36 bits per heavy atom. The van der Waals surface area contributed by atoms with Crippen LogP contribution >= 0.6 is 11.6 Å². The van der Waals surface area contributed by atoms with Gasteiger partial charge in [-0.2, -0.15) is 5.10 Å². The number of aliphatic hydroxyl groups excluding tert-OH is 1. The van der Waals surface area contributed by atoms with Crippen molar-refractivity contribution in [2.45, 2.75) is 0 Å². The fourth-order valence-corrected chi connectivity index (χ4v) is 1.20. The maximum atomic E-state index is 8.54. The summed E-state index contributed by atoms with van der Waals surface area (Å²) >= 11 is 5.72. The van der Waals surface area contributed by atoms with Gasteiger partial charge in [0.25, 0.3) is 0 Å². The summed E-state index contributed by atoms with van der Waals surface area (Å²) in [6.07, 6.45) is 1.58. The van der Waals surface area contributed by atoms with Gasteiger partial charge in [-0.05, 0) is 18.1 Å². The van der Waals surface area contributed by atoms with Crippen molar-refractivity contribution < 1.29 is 5.11 Å². The summed E-state index contributed by atoms with van der Waals surface area (Å²) in [6.45, 7) is -0.187. The van der Waals surface area contributed by atoms with Crippen LogP contribution in [0.1, 0.15) is 5.69 Å². The summed E-state index contributed by atoms with van der Waals surface area (Å²) in [7, 11) is 0. The smallest absolute Gasteiger partial charge is 0.155 e. The van der Waals surface area contributed by atoms with Crippen LogP contribution < -0.4 is 0 Å². The van der Waals surface area contributed by atoms with Crippen LogP contribution in [-0.2, 0) is 0 Å². The highest BCUT2D eigenvalue weighted by molar-refractivity contribution is 6.29. The Balaban J connectivity index is 2.61. The third kappa shape index (κ3) is 1.55. The molecule has 2 rings (SSSR count). The summed E-state index contributed by atoms with van der Waals surface area (Å²) in [6, 6.07) is 3.41.